The monoisotopic (exact) mass is 99.1 g/mol. The molecule has 41 valence electrons. The van der Waals surface area contributed by atoms with E-state index in [0.29, 0.717) is 0 Å². The summed E-state index contributed by atoms with van der Waals surface area (Å²) in [6.07, 6.45) is 2.51. The molecule has 1 rings (SSSR count). The fraction of sp³-hybridized carbons (Fsp3) is 0.833. The van der Waals surface area contributed by atoms with Gasteiger partial charge in [0.15, 0.2) is 0 Å². The lowest BCUT2D eigenvalue weighted by molar-refractivity contribution is 0.112. The van der Waals surface area contributed by atoms with E-state index < -0.39 is 0 Å². The van der Waals surface area contributed by atoms with Crippen LogP contribution in [0.5, 0.6) is 0 Å². The number of rotatable bonds is 0. The second kappa shape index (κ2) is 2.31. The van der Waals surface area contributed by atoms with Crippen molar-refractivity contribution >= 4 is 0 Å². The molecular weight excluding hydrogens is 88.1 g/mol. The molecule has 0 bridgehead atoms. The summed E-state index contributed by atoms with van der Waals surface area (Å²) < 4.78 is 5.14. The molecule has 0 aromatic heterocycles. The smallest absolute Gasteiger partial charge is 0.0525 e. The molecule has 0 spiro atoms. The van der Waals surface area contributed by atoms with Gasteiger partial charge in [0.1, 0.15) is 0 Å². The fourth-order valence-electron chi connectivity index (χ4n) is 0.795. The van der Waals surface area contributed by atoms with E-state index in [1.807, 2.05) is 0 Å². The summed E-state index contributed by atoms with van der Waals surface area (Å²) in [6.45, 7) is 4.02. The predicted octanol–water partition coefficient (Wildman–Crippen LogP) is 1.39. The second-order valence-electron chi connectivity index (χ2n) is 2.11. The molecule has 0 aliphatic carbocycles. The number of hydrogen-bond donors (Lipinski definition) is 0. The van der Waals surface area contributed by atoms with Crippen LogP contribution in [0.1, 0.15) is 19.8 Å². The summed E-state index contributed by atoms with van der Waals surface area (Å²) in [5.74, 6) is 1.49. The molecule has 1 heteroatoms. The first-order chi connectivity index (χ1) is 3.39. The van der Waals surface area contributed by atoms with Crippen LogP contribution >= 0.6 is 0 Å². The zero-order valence-electron chi connectivity index (χ0n) is 4.74. The summed E-state index contributed by atoms with van der Waals surface area (Å²) in [5.41, 5.74) is 0. The SMILES string of the molecule is C[C]1CCCOC1. The second-order valence-corrected chi connectivity index (χ2v) is 2.11. The quantitative estimate of drug-likeness (QED) is 0.446. The highest BCUT2D eigenvalue weighted by atomic mass is 16.5. The minimum absolute atomic E-state index is 0.903. The third kappa shape index (κ3) is 1.48. The molecule has 1 radical (unpaired) electrons. The van der Waals surface area contributed by atoms with Gasteiger partial charge in [-0.2, -0.15) is 0 Å². The van der Waals surface area contributed by atoms with Crippen molar-refractivity contribution in [2.75, 3.05) is 13.2 Å². The van der Waals surface area contributed by atoms with Gasteiger partial charge in [-0.1, -0.05) is 6.92 Å². The largest absolute Gasteiger partial charge is 0.381 e. The Kier molecular flexibility index (Phi) is 1.69. The molecule has 7 heavy (non-hydrogen) atoms. The van der Waals surface area contributed by atoms with Crippen LogP contribution in [0.3, 0.4) is 0 Å². The number of ether oxygens (including phenoxy) is 1. The van der Waals surface area contributed by atoms with E-state index in [9.17, 15) is 0 Å². The van der Waals surface area contributed by atoms with Crippen molar-refractivity contribution < 1.29 is 4.74 Å². The van der Waals surface area contributed by atoms with Gasteiger partial charge in [-0.15, -0.1) is 0 Å². The highest BCUT2D eigenvalue weighted by Crippen LogP contribution is 2.13. The van der Waals surface area contributed by atoms with E-state index in [-0.39, 0.29) is 0 Å². The molecular formula is C6H11O. The van der Waals surface area contributed by atoms with Gasteiger partial charge >= 0.3 is 0 Å². The Bertz CT molecular complexity index is 46.1. The van der Waals surface area contributed by atoms with Gasteiger partial charge in [0, 0.05) is 6.61 Å². The van der Waals surface area contributed by atoms with Crippen molar-refractivity contribution in [3.8, 4) is 0 Å². The van der Waals surface area contributed by atoms with E-state index in [4.69, 9.17) is 4.74 Å². The van der Waals surface area contributed by atoms with Crippen molar-refractivity contribution in [1.29, 1.82) is 0 Å². The van der Waals surface area contributed by atoms with E-state index in [1.165, 1.54) is 18.8 Å². The van der Waals surface area contributed by atoms with Crippen molar-refractivity contribution in [3.05, 3.63) is 5.92 Å². The maximum absolute atomic E-state index is 5.14. The van der Waals surface area contributed by atoms with Gasteiger partial charge in [0.05, 0.1) is 6.61 Å². The Balaban J connectivity index is 2.12. The Labute approximate surface area is 44.7 Å². The summed E-state index contributed by atoms with van der Waals surface area (Å²) in [7, 11) is 0. The Morgan fingerprint density at radius 1 is 1.57 bits per heavy atom. The molecule has 0 amide bonds. The van der Waals surface area contributed by atoms with Gasteiger partial charge in [0.2, 0.25) is 0 Å². The number of hydrogen-bond acceptors (Lipinski definition) is 1. The van der Waals surface area contributed by atoms with Crippen molar-refractivity contribution in [2.24, 2.45) is 0 Å². The molecule has 1 heterocycles. The molecule has 1 aliphatic heterocycles. The normalized spacial score (nSPS) is 25.3. The first kappa shape index (κ1) is 5.10. The van der Waals surface area contributed by atoms with Crippen molar-refractivity contribution in [1.82, 2.24) is 0 Å². The van der Waals surface area contributed by atoms with E-state index in [0.717, 1.165) is 13.2 Å². The van der Waals surface area contributed by atoms with Crippen LogP contribution in [0, 0.1) is 5.92 Å². The maximum Gasteiger partial charge on any atom is 0.0525 e. The minimum atomic E-state index is 0.903. The van der Waals surface area contributed by atoms with Gasteiger partial charge in [0.25, 0.3) is 0 Å². The first-order valence-corrected chi connectivity index (χ1v) is 2.78. The van der Waals surface area contributed by atoms with E-state index in [1.54, 1.807) is 0 Å². The van der Waals surface area contributed by atoms with Crippen LogP contribution in [0.4, 0.5) is 0 Å². The fourth-order valence-corrected chi connectivity index (χ4v) is 0.795. The van der Waals surface area contributed by atoms with Crippen LogP contribution in [-0.4, -0.2) is 13.2 Å². The van der Waals surface area contributed by atoms with Gasteiger partial charge in [-0.3, -0.25) is 0 Å². The molecule has 0 atom stereocenters. The highest BCUT2D eigenvalue weighted by molar-refractivity contribution is 4.85. The predicted molar refractivity (Wildman–Crippen MR) is 29.0 cm³/mol. The average molecular weight is 99.2 g/mol. The van der Waals surface area contributed by atoms with Crippen molar-refractivity contribution in [2.45, 2.75) is 19.8 Å². The summed E-state index contributed by atoms with van der Waals surface area (Å²) in [6, 6.07) is 0. The minimum Gasteiger partial charge on any atom is -0.381 e. The third-order valence-electron chi connectivity index (χ3n) is 1.24. The zero-order chi connectivity index (χ0) is 5.11. The lowest BCUT2D eigenvalue weighted by Gasteiger charge is -2.16. The van der Waals surface area contributed by atoms with Gasteiger partial charge in [-0.05, 0) is 18.8 Å². The van der Waals surface area contributed by atoms with Crippen LogP contribution in [0.25, 0.3) is 0 Å². The molecule has 0 aromatic rings. The Morgan fingerprint density at radius 3 is 2.71 bits per heavy atom. The van der Waals surface area contributed by atoms with E-state index >= 15 is 0 Å². The lowest BCUT2D eigenvalue weighted by Crippen LogP contribution is -2.11. The molecule has 1 nitrogen and oxygen atoms in total. The average Bonchev–Trinajstić information content (AvgIpc) is 1.69. The molecule has 1 fully saturated rings. The molecule has 1 saturated heterocycles. The Hall–Kier alpha value is -0.0400. The van der Waals surface area contributed by atoms with E-state index in [2.05, 4.69) is 6.92 Å². The standard InChI is InChI=1S/C6H11O/c1-6-3-2-4-7-5-6/h2-5H2,1H3. The molecule has 1 aliphatic rings. The molecule has 0 aromatic carbocycles. The van der Waals surface area contributed by atoms with Gasteiger partial charge in [-0.25, -0.2) is 0 Å². The van der Waals surface area contributed by atoms with Crippen molar-refractivity contribution in [3.63, 3.8) is 0 Å². The van der Waals surface area contributed by atoms with Crippen LogP contribution in [0.2, 0.25) is 0 Å². The molecule has 0 N–H and O–H groups in total. The zero-order valence-corrected chi connectivity index (χ0v) is 4.74. The summed E-state index contributed by atoms with van der Waals surface area (Å²) in [5, 5.41) is 0. The first-order valence-electron chi connectivity index (χ1n) is 2.78. The molecule has 0 unspecified atom stereocenters. The lowest BCUT2D eigenvalue weighted by atomic mass is 10.1. The highest BCUT2D eigenvalue weighted by Gasteiger charge is 2.06. The molecule has 0 saturated carbocycles. The maximum atomic E-state index is 5.14. The summed E-state index contributed by atoms with van der Waals surface area (Å²) >= 11 is 0. The third-order valence-corrected chi connectivity index (χ3v) is 1.24. The van der Waals surface area contributed by atoms with Gasteiger partial charge < -0.3 is 4.74 Å². The Morgan fingerprint density at radius 2 is 2.43 bits per heavy atom. The van der Waals surface area contributed by atoms with Crippen LogP contribution < -0.4 is 0 Å². The summed E-state index contributed by atoms with van der Waals surface area (Å²) in [4.78, 5) is 0. The van der Waals surface area contributed by atoms with Crippen LogP contribution in [-0.2, 0) is 4.74 Å². The topological polar surface area (TPSA) is 9.23 Å². The van der Waals surface area contributed by atoms with Crippen LogP contribution in [0.15, 0.2) is 0 Å².